The summed E-state index contributed by atoms with van der Waals surface area (Å²) >= 11 is 0. The van der Waals surface area contributed by atoms with E-state index in [2.05, 4.69) is 0 Å². The number of ether oxygens (including phenoxy) is 3. The standard InChI is InChI=1S/C16H22O4/c17-14(6-5-13-3-1-2-8-18-13)12-4-7-15-16(11-12)20-10-9-19-15/h4,7,11,13-14,17H,1-3,5-6,8-10H2. The molecule has 0 radical (unpaired) electrons. The van der Waals surface area contributed by atoms with Crippen molar-refractivity contribution in [2.75, 3.05) is 19.8 Å². The Balaban J connectivity index is 1.57. The van der Waals surface area contributed by atoms with Crippen molar-refractivity contribution in [2.24, 2.45) is 0 Å². The normalized spacial score (nSPS) is 23.4. The molecule has 20 heavy (non-hydrogen) atoms. The van der Waals surface area contributed by atoms with E-state index in [1.165, 1.54) is 12.8 Å². The molecule has 0 saturated carbocycles. The van der Waals surface area contributed by atoms with Crippen LogP contribution in [0.15, 0.2) is 18.2 Å². The quantitative estimate of drug-likeness (QED) is 0.920. The van der Waals surface area contributed by atoms with E-state index in [4.69, 9.17) is 14.2 Å². The molecule has 1 N–H and O–H groups in total. The van der Waals surface area contributed by atoms with E-state index in [-0.39, 0.29) is 0 Å². The van der Waals surface area contributed by atoms with Gasteiger partial charge in [0.2, 0.25) is 0 Å². The van der Waals surface area contributed by atoms with Crippen molar-refractivity contribution in [3.63, 3.8) is 0 Å². The summed E-state index contributed by atoms with van der Waals surface area (Å²) in [5.41, 5.74) is 0.894. The van der Waals surface area contributed by atoms with Gasteiger partial charge in [0.15, 0.2) is 11.5 Å². The minimum Gasteiger partial charge on any atom is -0.486 e. The Morgan fingerprint density at radius 2 is 1.95 bits per heavy atom. The van der Waals surface area contributed by atoms with Gasteiger partial charge in [-0.25, -0.2) is 0 Å². The molecule has 110 valence electrons. The van der Waals surface area contributed by atoms with Gasteiger partial charge in [-0.3, -0.25) is 0 Å². The molecule has 2 atom stereocenters. The minimum atomic E-state index is -0.462. The predicted molar refractivity (Wildman–Crippen MR) is 75.2 cm³/mol. The van der Waals surface area contributed by atoms with Crippen molar-refractivity contribution in [3.05, 3.63) is 23.8 Å². The van der Waals surface area contributed by atoms with E-state index in [0.717, 1.165) is 42.9 Å². The molecule has 3 rings (SSSR count). The van der Waals surface area contributed by atoms with E-state index in [1.807, 2.05) is 18.2 Å². The molecule has 2 unspecified atom stereocenters. The fraction of sp³-hybridized carbons (Fsp3) is 0.625. The van der Waals surface area contributed by atoms with Crippen LogP contribution in [0.25, 0.3) is 0 Å². The lowest BCUT2D eigenvalue weighted by Crippen LogP contribution is -2.19. The number of hydrogen-bond donors (Lipinski definition) is 1. The van der Waals surface area contributed by atoms with Gasteiger partial charge >= 0.3 is 0 Å². The van der Waals surface area contributed by atoms with Crippen LogP contribution < -0.4 is 9.47 Å². The molecule has 0 spiro atoms. The van der Waals surface area contributed by atoms with Gasteiger partial charge in [0.1, 0.15) is 13.2 Å². The summed E-state index contributed by atoms with van der Waals surface area (Å²) < 4.78 is 16.7. The summed E-state index contributed by atoms with van der Waals surface area (Å²) in [4.78, 5) is 0. The Morgan fingerprint density at radius 3 is 2.75 bits per heavy atom. The maximum absolute atomic E-state index is 10.3. The molecule has 0 aromatic heterocycles. The maximum atomic E-state index is 10.3. The van der Waals surface area contributed by atoms with Crippen molar-refractivity contribution in [1.29, 1.82) is 0 Å². The molecule has 1 saturated heterocycles. The van der Waals surface area contributed by atoms with E-state index in [0.29, 0.717) is 19.3 Å². The number of aliphatic hydroxyl groups excluding tert-OH is 1. The van der Waals surface area contributed by atoms with Gasteiger partial charge in [0, 0.05) is 6.61 Å². The first-order valence-corrected chi connectivity index (χ1v) is 7.52. The van der Waals surface area contributed by atoms with E-state index < -0.39 is 6.10 Å². The van der Waals surface area contributed by atoms with Crippen LogP contribution in [0.5, 0.6) is 11.5 Å². The number of hydrogen-bond acceptors (Lipinski definition) is 4. The van der Waals surface area contributed by atoms with Crippen LogP contribution in [0.4, 0.5) is 0 Å². The Morgan fingerprint density at radius 1 is 1.10 bits per heavy atom. The highest BCUT2D eigenvalue weighted by atomic mass is 16.6. The smallest absolute Gasteiger partial charge is 0.161 e. The lowest BCUT2D eigenvalue weighted by molar-refractivity contribution is 0.00210. The van der Waals surface area contributed by atoms with Gasteiger partial charge in [-0.1, -0.05) is 6.07 Å². The van der Waals surface area contributed by atoms with Crippen molar-refractivity contribution < 1.29 is 19.3 Å². The van der Waals surface area contributed by atoms with Crippen LogP contribution in [0.2, 0.25) is 0 Å². The zero-order valence-electron chi connectivity index (χ0n) is 11.7. The Kier molecular flexibility index (Phi) is 4.43. The predicted octanol–water partition coefficient (Wildman–Crippen LogP) is 2.84. The van der Waals surface area contributed by atoms with E-state index in [1.54, 1.807) is 0 Å². The first-order valence-electron chi connectivity index (χ1n) is 7.52. The van der Waals surface area contributed by atoms with Gasteiger partial charge in [0.05, 0.1) is 12.2 Å². The first kappa shape index (κ1) is 13.7. The fourth-order valence-corrected chi connectivity index (χ4v) is 2.81. The molecule has 0 amide bonds. The lowest BCUT2D eigenvalue weighted by Gasteiger charge is -2.24. The zero-order valence-corrected chi connectivity index (χ0v) is 11.7. The molecule has 2 aliphatic rings. The molecule has 1 aromatic rings. The van der Waals surface area contributed by atoms with Gasteiger partial charge in [-0.2, -0.15) is 0 Å². The largest absolute Gasteiger partial charge is 0.486 e. The van der Waals surface area contributed by atoms with Crippen molar-refractivity contribution >= 4 is 0 Å². The molecule has 0 bridgehead atoms. The number of benzene rings is 1. The number of fused-ring (bicyclic) bond motifs is 1. The number of aliphatic hydroxyl groups is 1. The summed E-state index contributed by atoms with van der Waals surface area (Å²) in [6, 6.07) is 5.69. The van der Waals surface area contributed by atoms with Crippen LogP contribution >= 0.6 is 0 Å². The average Bonchev–Trinajstić information content (AvgIpc) is 2.53. The minimum absolute atomic E-state index is 0.315. The third kappa shape index (κ3) is 3.25. The van der Waals surface area contributed by atoms with Crippen LogP contribution in [0.1, 0.15) is 43.8 Å². The van der Waals surface area contributed by atoms with Crippen molar-refractivity contribution in [1.82, 2.24) is 0 Å². The first-order chi connectivity index (χ1) is 9.83. The fourth-order valence-electron chi connectivity index (χ4n) is 2.81. The summed E-state index contributed by atoms with van der Waals surface area (Å²) in [5, 5.41) is 10.3. The summed E-state index contributed by atoms with van der Waals surface area (Å²) in [6.45, 7) is 2.03. The second-order valence-electron chi connectivity index (χ2n) is 5.48. The molecular formula is C16H22O4. The highest BCUT2D eigenvalue weighted by Crippen LogP contribution is 2.34. The van der Waals surface area contributed by atoms with Gasteiger partial charge in [-0.15, -0.1) is 0 Å². The number of rotatable bonds is 4. The summed E-state index contributed by atoms with van der Waals surface area (Å²) in [7, 11) is 0. The topological polar surface area (TPSA) is 47.9 Å². The SMILES string of the molecule is OC(CCC1CCCCO1)c1ccc2c(c1)OCCO2. The Hall–Kier alpha value is -1.26. The highest BCUT2D eigenvalue weighted by molar-refractivity contribution is 5.44. The molecule has 2 heterocycles. The molecule has 4 heteroatoms. The van der Waals surface area contributed by atoms with Gasteiger partial charge in [0.25, 0.3) is 0 Å². The summed E-state index contributed by atoms with van der Waals surface area (Å²) in [6.07, 6.45) is 5.02. The Bertz CT molecular complexity index is 440. The molecule has 2 aliphatic heterocycles. The van der Waals surface area contributed by atoms with Crippen LogP contribution in [-0.2, 0) is 4.74 Å². The lowest BCUT2D eigenvalue weighted by atomic mass is 9.99. The molecule has 1 aromatic carbocycles. The second kappa shape index (κ2) is 6.46. The molecule has 1 fully saturated rings. The zero-order chi connectivity index (χ0) is 13.8. The summed E-state index contributed by atoms with van der Waals surface area (Å²) in [5.74, 6) is 1.50. The van der Waals surface area contributed by atoms with Crippen molar-refractivity contribution in [2.45, 2.75) is 44.3 Å². The third-order valence-electron chi connectivity index (χ3n) is 3.99. The van der Waals surface area contributed by atoms with Crippen LogP contribution in [0, 0.1) is 0 Å². The van der Waals surface area contributed by atoms with Crippen LogP contribution in [0.3, 0.4) is 0 Å². The highest BCUT2D eigenvalue weighted by Gasteiger charge is 2.18. The van der Waals surface area contributed by atoms with E-state index in [9.17, 15) is 5.11 Å². The average molecular weight is 278 g/mol. The van der Waals surface area contributed by atoms with Gasteiger partial charge < -0.3 is 19.3 Å². The maximum Gasteiger partial charge on any atom is 0.161 e. The molecule has 0 aliphatic carbocycles. The monoisotopic (exact) mass is 278 g/mol. The molecule has 4 nitrogen and oxygen atoms in total. The second-order valence-corrected chi connectivity index (χ2v) is 5.48. The third-order valence-corrected chi connectivity index (χ3v) is 3.99. The Labute approximate surface area is 119 Å². The van der Waals surface area contributed by atoms with Gasteiger partial charge in [-0.05, 0) is 49.8 Å². The van der Waals surface area contributed by atoms with Crippen LogP contribution in [-0.4, -0.2) is 31.0 Å². The molecular weight excluding hydrogens is 256 g/mol. The van der Waals surface area contributed by atoms with E-state index >= 15 is 0 Å². The van der Waals surface area contributed by atoms with Crippen molar-refractivity contribution in [3.8, 4) is 11.5 Å².